The van der Waals surface area contributed by atoms with Gasteiger partial charge in [-0.25, -0.2) is 0 Å². The molecule has 0 spiro atoms. The van der Waals surface area contributed by atoms with Crippen LogP contribution in [-0.2, 0) is 9.59 Å². The maximum atomic E-state index is 12.2. The molecule has 1 fully saturated rings. The molecule has 0 aromatic heterocycles. The first-order chi connectivity index (χ1) is 11.3. The van der Waals surface area contributed by atoms with Crippen molar-refractivity contribution in [3.05, 3.63) is 30.3 Å². The molecule has 0 aliphatic carbocycles. The monoisotopic (exact) mass is 369 g/mol. The molecule has 0 radical (unpaired) electrons. The first-order valence-electron chi connectivity index (χ1n) is 8.37. The normalized spacial score (nSPS) is 15.2. The zero-order chi connectivity index (χ0) is 17.6. The molecule has 2 amide bonds. The van der Waals surface area contributed by atoms with E-state index in [4.69, 9.17) is 10.5 Å². The Kier molecular flexibility index (Phi) is 8.19. The van der Waals surface area contributed by atoms with E-state index in [9.17, 15) is 9.59 Å². The van der Waals surface area contributed by atoms with Crippen LogP contribution < -0.4 is 15.8 Å². The van der Waals surface area contributed by atoms with Crippen LogP contribution in [0.25, 0.3) is 0 Å². The van der Waals surface area contributed by atoms with E-state index in [1.807, 2.05) is 44.2 Å². The second-order valence-corrected chi connectivity index (χ2v) is 6.96. The van der Waals surface area contributed by atoms with Crippen molar-refractivity contribution in [3.8, 4) is 5.75 Å². The summed E-state index contributed by atoms with van der Waals surface area (Å²) >= 11 is 0. The number of rotatable bonds is 6. The van der Waals surface area contributed by atoms with Gasteiger partial charge in [0.25, 0.3) is 5.91 Å². The highest BCUT2D eigenvalue weighted by atomic mass is 35.5. The molecule has 1 aliphatic rings. The van der Waals surface area contributed by atoms with Crippen molar-refractivity contribution in [1.29, 1.82) is 0 Å². The van der Waals surface area contributed by atoms with Crippen LogP contribution in [0, 0.1) is 5.92 Å². The number of halogens is 1. The lowest BCUT2D eigenvalue weighted by molar-refractivity contribution is -0.137. The van der Waals surface area contributed by atoms with Gasteiger partial charge in [-0.05, 0) is 38.8 Å². The van der Waals surface area contributed by atoms with Crippen LogP contribution in [-0.4, -0.2) is 48.5 Å². The fourth-order valence-electron chi connectivity index (χ4n) is 2.60. The molecule has 0 bridgehead atoms. The Balaban J connectivity index is 0.00000312. The summed E-state index contributed by atoms with van der Waals surface area (Å²) in [5.74, 6) is 0.623. The van der Waals surface area contributed by atoms with Crippen LogP contribution in [0.2, 0.25) is 0 Å². The van der Waals surface area contributed by atoms with Gasteiger partial charge >= 0.3 is 0 Å². The summed E-state index contributed by atoms with van der Waals surface area (Å²) in [7, 11) is 0. The van der Waals surface area contributed by atoms with Crippen molar-refractivity contribution in [1.82, 2.24) is 10.2 Å². The maximum Gasteiger partial charge on any atom is 0.260 e. The molecule has 1 heterocycles. The molecular weight excluding hydrogens is 342 g/mol. The molecule has 3 N–H and O–H groups in total. The predicted octanol–water partition coefficient (Wildman–Crippen LogP) is 1.58. The van der Waals surface area contributed by atoms with Crippen LogP contribution in [0.5, 0.6) is 5.75 Å². The Morgan fingerprint density at radius 3 is 2.40 bits per heavy atom. The number of ether oxygens (including phenoxy) is 1. The van der Waals surface area contributed by atoms with Gasteiger partial charge in [0.1, 0.15) is 5.75 Å². The second-order valence-electron chi connectivity index (χ2n) is 6.96. The number of hydrogen-bond donors (Lipinski definition) is 2. The molecule has 1 aliphatic heterocycles. The molecule has 1 aromatic rings. The Morgan fingerprint density at radius 1 is 1.24 bits per heavy atom. The lowest BCUT2D eigenvalue weighted by Gasteiger charge is -2.32. The van der Waals surface area contributed by atoms with Gasteiger partial charge in [-0.2, -0.15) is 0 Å². The Bertz CT molecular complexity index is 552. The zero-order valence-corrected chi connectivity index (χ0v) is 15.7. The highest BCUT2D eigenvalue weighted by molar-refractivity contribution is 5.85. The summed E-state index contributed by atoms with van der Waals surface area (Å²) in [5, 5.41) is 2.89. The van der Waals surface area contributed by atoms with Gasteiger partial charge < -0.3 is 20.7 Å². The number of hydrogen-bond acceptors (Lipinski definition) is 4. The van der Waals surface area contributed by atoms with Crippen molar-refractivity contribution in [2.75, 3.05) is 26.2 Å². The molecule has 1 aromatic carbocycles. The topological polar surface area (TPSA) is 84.7 Å². The van der Waals surface area contributed by atoms with Gasteiger partial charge in [0.2, 0.25) is 5.91 Å². The number of nitrogens with two attached hydrogens (primary N) is 1. The lowest BCUT2D eigenvalue weighted by Crippen LogP contribution is -2.49. The molecule has 0 unspecified atom stereocenters. The van der Waals surface area contributed by atoms with Crippen LogP contribution in [0.4, 0.5) is 0 Å². The maximum absolute atomic E-state index is 12.2. The number of carbonyl (C=O) groups is 2. The van der Waals surface area contributed by atoms with Gasteiger partial charge in [-0.3, -0.25) is 9.59 Å². The molecule has 140 valence electrons. The number of nitrogens with one attached hydrogen (secondary N) is 1. The molecule has 0 saturated carbocycles. The molecular formula is C18H28ClN3O3. The Hall–Kier alpha value is -1.79. The van der Waals surface area contributed by atoms with Crippen molar-refractivity contribution < 1.29 is 14.3 Å². The number of likely N-dealkylation sites (tertiary alicyclic amines) is 1. The van der Waals surface area contributed by atoms with E-state index in [2.05, 4.69) is 5.32 Å². The quantitative estimate of drug-likeness (QED) is 0.797. The van der Waals surface area contributed by atoms with Crippen molar-refractivity contribution in [2.45, 2.75) is 32.2 Å². The number of piperidine rings is 1. The molecule has 25 heavy (non-hydrogen) atoms. The van der Waals surface area contributed by atoms with E-state index in [1.54, 1.807) is 4.90 Å². The first-order valence-corrected chi connectivity index (χ1v) is 8.37. The highest BCUT2D eigenvalue weighted by Crippen LogP contribution is 2.18. The van der Waals surface area contributed by atoms with Crippen molar-refractivity contribution in [2.24, 2.45) is 11.7 Å². The zero-order valence-electron chi connectivity index (χ0n) is 14.9. The van der Waals surface area contributed by atoms with Crippen molar-refractivity contribution in [3.63, 3.8) is 0 Å². The lowest BCUT2D eigenvalue weighted by atomic mass is 9.95. The van der Waals surface area contributed by atoms with E-state index < -0.39 is 5.54 Å². The minimum atomic E-state index is -0.416. The minimum Gasteiger partial charge on any atom is -0.484 e. The summed E-state index contributed by atoms with van der Waals surface area (Å²) in [6.45, 7) is 5.41. The van der Waals surface area contributed by atoms with Crippen LogP contribution in [0.3, 0.4) is 0 Å². The van der Waals surface area contributed by atoms with Crippen LogP contribution in [0.1, 0.15) is 26.7 Å². The van der Waals surface area contributed by atoms with Gasteiger partial charge in [0.05, 0.1) is 0 Å². The molecule has 1 saturated heterocycles. The van der Waals surface area contributed by atoms with Gasteiger partial charge in [0.15, 0.2) is 6.61 Å². The van der Waals surface area contributed by atoms with E-state index in [0.717, 1.165) is 0 Å². The fraction of sp³-hybridized carbons (Fsp3) is 0.556. The molecule has 2 rings (SSSR count). The summed E-state index contributed by atoms with van der Waals surface area (Å²) in [4.78, 5) is 26.1. The van der Waals surface area contributed by atoms with Crippen LogP contribution in [0.15, 0.2) is 30.3 Å². The average molecular weight is 370 g/mol. The van der Waals surface area contributed by atoms with Gasteiger partial charge in [0, 0.05) is 31.1 Å². The standard InChI is InChI=1S/C18H27N3O3.ClH/c1-18(2,19)13-20-17(23)14-8-10-21(11-9-14)16(22)12-24-15-6-4-3-5-7-15;/h3-7,14H,8-13,19H2,1-2H3,(H,20,23);1H. The smallest absolute Gasteiger partial charge is 0.260 e. The summed E-state index contributed by atoms with van der Waals surface area (Å²) in [5.41, 5.74) is 5.46. The minimum absolute atomic E-state index is 0. The van der Waals surface area contributed by atoms with Gasteiger partial charge in [-0.1, -0.05) is 18.2 Å². The van der Waals surface area contributed by atoms with Crippen molar-refractivity contribution >= 4 is 24.2 Å². The predicted molar refractivity (Wildman–Crippen MR) is 99.8 cm³/mol. The second kappa shape index (κ2) is 9.63. The molecule has 0 atom stereocenters. The largest absolute Gasteiger partial charge is 0.484 e. The van der Waals surface area contributed by atoms with E-state index in [0.29, 0.717) is 38.2 Å². The van der Waals surface area contributed by atoms with E-state index in [1.165, 1.54) is 0 Å². The summed E-state index contributed by atoms with van der Waals surface area (Å²) in [6, 6.07) is 9.28. The highest BCUT2D eigenvalue weighted by Gasteiger charge is 2.28. The van der Waals surface area contributed by atoms with E-state index >= 15 is 0 Å². The van der Waals surface area contributed by atoms with Gasteiger partial charge in [-0.15, -0.1) is 12.4 Å². The van der Waals surface area contributed by atoms with E-state index in [-0.39, 0.29) is 36.7 Å². The fourth-order valence-corrected chi connectivity index (χ4v) is 2.60. The molecule has 6 nitrogen and oxygen atoms in total. The Labute approximate surface area is 155 Å². The first kappa shape index (κ1) is 21.3. The summed E-state index contributed by atoms with van der Waals surface area (Å²) in [6.07, 6.45) is 1.35. The SMILES string of the molecule is CC(C)(N)CNC(=O)C1CCN(C(=O)COc2ccccc2)CC1.Cl. The third-order valence-corrected chi connectivity index (χ3v) is 4.04. The number of carbonyl (C=O) groups excluding carboxylic acids is 2. The summed E-state index contributed by atoms with van der Waals surface area (Å²) < 4.78 is 5.49. The Morgan fingerprint density at radius 2 is 1.84 bits per heavy atom. The third kappa shape index (κ3) is 7.32. The average Bonchev–Trinajstić information content (AvgIpc) is 2.58. The molecule has 7 heteroatoms. The van der Waals surface area contributed by atoms with Crippen LogP contribution >= 0.6 is 12.4 Å². The number of para-hydroxylation sites is 1. The number of amides is 2. The third-order valence-electron chi connectivity index (χ3n) is 4.04. The number of nitrogens with zero attached hydrogens (tertiary/aromatic N) is 1. The number of benzene rings is 1.